The molecule has 0 aliphatic carbocycles. The molecule has 0 aliphatic rings. The van der Waals surface area contributed by atoms with Crippen molar-refractivity contribution in [2.24, 2.45) is 0 Å². The van der Waals surface area contributed by atoms with Crippen molar-refractivity contribution < 1.29 is 10.2 Å². The molecule has 0 radical (unpaired) electrons. The highest BCUT2D eigenvalue weighted by Crippen LogP contribution is 2.24. The van der Waals surface area contributed by atoms with Crippen LogP contribution in [0.1, 0.15) is 48.6 Å². The van der Waals surface area contributed by atoms with Crippen molar-refractivity contribution in [2.75, 3.05) is 13.2 Å². The molecule has 19 heavy (non-hydrogen) atoms. The van der Waals surface area contributed by atoms with E-state index >= 15 is 0 Å². The highest BCUT2D eigenvalue weighted by Gasteiger charge is 2.28. The number of aliphatic hydroxyl groups is 2. The number of rotatable bonds is 6. The van der Waals surface area contributed by atoms with Crippen LogP contribution < -0.4 is 5.32 Å². The van der Waals surface area contributed by atoms with Gasteiger partial charge >= 0.3 is 0 Å². The van der Waals surface area contributed by atoms with Crippen LogP contribution in [-0.4, -0.2) is 29.0 Å². The van der Waals surface area contributed by atoms with Gasteiger partial charge in [-0.3, -0.25) is 0 Å². The van der Waals surface area contributed by atoms with Crippen LogP contribution in [0.15, 0.2) is 12.1 Å². The Kier molecular flexibility index (Phi) is 5.53. The number of benzene rings is 1. The van der Waals surface area contributed by atoms with E-state index in [-0.39, 0.29) is 19.3 Å². The zero-order valence-corrected chi connectivity index (χ0v) is 12.7. The van der Waals surface area contributed by atoms with Gasteiger partial charge < -0.3 is 15.5 Å². The third kappa shape index (κ3) is 3.56. The van der Waals surface area contributed by atoms with Crippen LogP contribution in [-0.2, 0) is 0 Å². The molecule has 1 aromatic carbocycles. The zero-order valence-electron chi connectivity index (χ0n) is 12.7. The molecular formula is C16H27NO2. The first kappa shape index (κ1) is 16.2. The lowest BCUT2D eigenvalue weighted by Crippen LogP contribution is -2.52. The first-order valence-electron chi connectivity index (χ1n) is 6.96. The summed E-state index contributed by atoms with van der Waals surface area (Å²) in [5, 5.41) is 22.4. The van der Waals surface area contributed by atoms with Crippen molar-refractivity contribution in [1.29, 1.82) is 0 Å². The molecular weight excluding hydrogens is 238 g/mol. The minimum atomic E-state index is -0.607. The first-order chi connectivity index (χ1) is 8.89. The number of aliphatic hydroxyl groups excluding tert-OH is 2. The molecule has 1 aromatic rings. The predicted octanol–water partition coefficient (Wildman–Crippen LogP) is 2.40. The summed E-state index contributed by atoms with van der Waals surface area (Å²) in [7, 11) is 0. The van der Waals surface area contributed by atoms with Gasteiger partial charge in [0, 0.05) is 6.04 Å². The maximum atomic E-state index is 9.52. The SMILES string of the molecule is CCC(CO)(CO)NC(C)c1cc(C)c(C)cc1C. The van der Waals surface area contributed by atoms with Crippen LogP contribution in [0.5, 0.6) is 0 Å². The lowest BCUT2D eigenvalue weighted by atomic mass is 9.92. The smallest absolute Gasteiger partial charge is 0.0650 e. The molecule has 3 N–H and O–H groups in total. The van der Waals surface area contributed by atoms with Gasteiger partial charge in [-0.2, -0.15) is 0 Å². The Hall–Kier alpha value is -0.900. The molecule has 0 saturated heterocycles. The van der Waals surface area contributed by atoms with E-state index in [1.165, 1.54) is 22.3 Å². The average Bonchev–Trinajstić information content (AvgIpc) is 2.40. The molecule has 3 nitrogen and oxygen atoms in total. The van der Waals surface area contributed by atoms with Gasteiger partial charge in [-0.15, -0.1) is 0 Å². The Labute approximate surface area is 116 Å². The topological polar surface area (TPSA) is 52.5 Å². The standard InChI is InChI=1S/C16H27NO2/c1-6-16(9-18,10-19)17-14(5)15-8-12(3)11(2)7-13(15)4/h7-8,14,17-19H,6,9-10H2,1-5H3. The van der Waals surface area contributed by atoms with Crippen molar-refractivity contribution in [3.8, 4) is 0 Å². The quantitative estimate of drug-likeness (QED) is 0.740. The van der Waals surface area contributed by atoms with E-state index in [4.69, 9.17) is 0 Å². The van der Waals surface area contributed by atoms with Crippen LogP contribution in [0.25, 0.3) is 0 Å². The maximum absolute atomic E-state index is 9.52. The Bertz CT molecular complexity index is 417. The van der Waals surface area contributed by atoms with Crippen LogP contribution in [0, 0.1) is 20.8 Å². The fourth-order valence-electron chi connectivity index (χ4n) is 2.45. The second-order valence-corrected chi connectivity index (χ2v) is 5.61. The van der Waals surface area contributed by atoms with Gasteiger partial charge in [-0.25, -0.2) is 0 Å². The monoisotopic (exact) mass is 265 g/mol. The van der Waals surface area contributed by atoms with E-state index in [0.29, 0.717) is 6.42 Å². The summed E-state index contributed by atoms with van der Waals surface area (Å²) in [5.41, 5.74) is 4.42. The van der Waals surface area contributed by atoms with Crippen LogP contribution >= 0.6 is 0 Å². The summed E-state index contributed by atoms with van der Waals surface area (Å²) >= 11 is 0. The van der Waals surface area contributed by atoms with Crippen molar-refractivity contribution in [2.45, 2.75) is 52.6 Å². The summed E-state index contributed by atoms with van der Waals surface area (Å²) < 4.78 is 0. The summed E-state index contributed by atoms with van der Waals surface area (Å²) in [6.07, 6.45) is 0.689. The molecule has 108 valence electrons. The third-order valence-electron chi connectivity index (χ3n) is 4.15. The molecule has 3 heteroatoms. The third-order valence-corrected chi connectivity index (χ3v) is 4.15. The predicted molar refractivity (Wildman–Crippen MR) is 79.4 cm³/mol. The molecule has 0 heterocycles. The number of hydrogen-bond acceptors (Lipinski definition) is 3. The van der Waals surface area contributed by atoms with Gasteiger partial charge in [0.1, 0.15) is 0 Å². The fraction of sp³-hybridized carbons (Fsp3) is 0.625. The van der Waals surface area contributed by atoms with E-state index in [1.54, 1.807) is 0 Å². The van der Waals surface area contributed by atoms with Gasteiger partial charge in [-0.1, -0.05) is 19.1 Å². The number of aryl methyl sites for hydroxylation is 3. The Balaban J connectivity index is 3.01. The highest BCUT2D eigenvalue weighted by molar-refractivity contribution is 5.38. The van der Waals surface area contributed by atoms with E-state index in [9.17, 15) is 10.2 Å². The van der Waals surface area contributed by atoms with Crippen LogP contribution in [0.4, 0.5) is 0 Å². The number of hydrogen-bond donors (Lipinski definition) is 3. The molecule has 0 aromatic heterocycles. The maximum Gasteiger partial charge on any atom is 0.0650 e. The molecule has 1 unspecified atom stereocenters. The molecule has 0 aliphatic heterocycles. The van der Waals surface area contributed by atoms with Crippen molar-refractivity contribution >= 4 is 0 Å². The highest BCUT2D eigenvalue weighted by atomic mass is 16.3. The first-order valence-corrected chi connectivity index (χ1v) is 6.96. The van der Waals surface area contributed by atoms with E-state index < -0.39 is 5.54 Å². The zero-order chi connectivity index (χ0) is 14.6. The number of nitrogens with one attached hydrogen (secondary N) is 1. The van der Waals surface area contributed by atoms with Crippen molar-refractivity contribution in [3.05, 3.63) is 34.4 Å². The van der Waals surface area contributed by atoms with E-state index in [0.717, 1.165) is 0 Å². The minimum Gasteiger partial charge on any atom is -0.394 e. The molecule has 0 bridgehead atoms. The Morgan fingerprint density at radius 1 is 1.05 bits per heavy atom. The molecule has 1 rings (SSSR count). The normalized spacial score (nSPS) is 13.6. The van der Waals surface area contributed by atoms with E-state index in [2.05, 4.69) is 45.1 Å². The Morgan fingerprint density at radius 2 is 1.58 bits per heavy atom. The van der Waals surface area contributed by atoms with Gasteiger partial charge in [0.15, 0.2) is 0 Å². The van der Waals surface area contributed by atoms with Gasteiger partial charge in [0.05, 0.1) is 18.8 Å². The molecule has 1 atom stereocenters. The van der Waals surface area contributed by atoms with Gasteiger partial charge in [0.25, 0.3) is 0 Å². The average molecular weight is 265 g/mol. The fourth-order valence-corrected chi connectivity index (χ4v) is 2.45. The van der Waals surface area contributed by atoms with Crippen molar-refractivity contribution in [3.63, 3.8) is 0 Å². The second kappa shape index (κ2) is 6.51. The summed E-state index contributed by atoms with van der Waals surface area (Å²) in [4.78, 5) is 0. The summed E-state index contributed by atoms with van der Waals surface area (Å²) in [5.74, 6) is 0. The lowest BCUT2D eigenvalue weighted by Gasteiger charge is -2.34. The molecule has 0 saturated carbocycles. The summed E-state index contributed by atoms with van der Waals surface area (Å²) in [6, 6.07) is 4.48. The molecule has 0 fully saturated rings. The molecule has 0 spiro atoms. The lowest BCUT2D eigenvalue weighted by molar-refractivity contribution is 0.0792. The van der Waals surface area contributed by atoms with Gasteiger partial charge in [-0.05, 0) is 56.4 Å². The van der Waals surface area contributed by atoms with E-state index in [1.807, 2.05) is 6.92 Å². The van der Waals surface area contributed by atoms with Gasteiger partial charge in [0.2, 0.25) is 0 Å². The Morgan fingerprint density at radius 3 is 2.05 bits per heavy atom. The largest absolute Gasteiger partial charge is 0.394 e. The second-order valence-electron chi connectivity index (χ2n) is 5.61. The molecule has 0 amide bonds. The van der Waals surface area contributed by atoms with Crippen LogP contribution in [0.3, 0.4) is 0 Å². The van der Waals surface area contributed by atoms with Crippen molar-refractivity contribution in [1.82, 2.24) is 5.32 Å². The van der Waals surface area contributed by atoms with Crippen LogP contribution in [0.2, 0.25) is 0 Å². The summed E-state index contributed by atoms with van der Waals surface area (Å²) in [6.45, 7) is 10.2. The minimum absolute atomic E-state index is 0.0613.